The fraction of sp³-hybridized carbons (Fsp3) is 0.778. The van der Waals surface area contributed by atoms with Crippen LogP contribution in [0, 0.1) is 5.92 Å². The van der Waals surface area contributed by atoms with Crippen LogP contribution in [0.1, 0.15) is 26.2 Å². The molecule has 0 radical (unpaired) electrons. The molecule has 2 atom stereocenters. The Morgan fingerprint density at radius 2 is 2.38 bits per heavy atom. The van der Waals surface area contributed by atoms with Crippen LogP contribution in [0.5, 0.6) is 0 Å². The van der Waals surface area contributed by atoms with Gasteiger partial charge in [-0.3, -0.25) is 9.59 Å². The second kappa shape index (κ2) is 4.74. The van der Waals surface area contributed by atoms with Crippen molar-refractivity contribution in [3.8, 4) is 0 Å². The monoisotopic (exact) mass is 248 g/mol. The number of carbonyl (C=O) groups is 2. The molecule has 1 aliphatic carbocycles. The number of ether oxygens (including phenoxy) is 1. The molecule has 0 aromatic carbocycles. The van der Waals surface area contributed by atoms with Crippen LogP contribution in [-0.4, -0.2) is 23.2 Å². The van der Waals surface area contributed by atoms with Gasteiger partial charge in [0.1, 0.15) is 5.78 Å². The summed E-state index contributed by atoms with van der Waals surface area (Å²) in [5, 5.41) is 0. The Hall–Kier alpha value is -0.380. The highest BCUT2D eigenvalue weighted by Gasteiger charge is 2.35. The molecular weight excluding hydrogens is 236 g/mol. The third-order valence-corrected chi connectivity index (χ3v) is 3.34. The first-order chi connectivity index (χ1) is 6.16. The Bertz CT molecular complexity index is 215. The van der Waals surface area contributed by atoms with Crippen LogP contribution >= 0.6 is 15.9 Å². The van der Waals surface area contributed by atoms with Gasteiger partial charge in [-0.2, -0.15) is 0 Å². The van der Waals surface area contributed by atoms with Gasteiger partial charge in [0.2, 0.25) is 0 Å². The molecule has 0 saturated heterocycles. The second-order valence-electron chi connectivity index (χ2n) is 3.12. The van der Waals surface area contributed by atoms with Gasteiger partial charge in [0.05, 0.1) is 17.4 Å². The minimum Gasteiger partial charge on any atom is -0.466 e. The zero-order valence-corrected chi connectivity index (χ0v) is 9.17. The van der Waals surface area contributed by atoms with E-state index >= 15 is 0 Å². The molecule has 0 N–H and O–H groups in total. The van der Waals surface area contributed by atoms with Crippen LogP contribution in [0.15, 0.2) is 0 Å². The fourth-order valence-corrected chi connectivity index (χ4v) is 2.20. The van der Waals surface area contributed by atoms with Gasteiger partial charge in [0.15, 0.2) is 0 Å². The summed E-state index contributed by atoms with van der Waals surface area (Å²) in [4.78, 5) is 22.3. The second-order valence-corrected chi connectivity index (χ2v) is 4.11. The third kappa shape index (κ3) is 2.53. The summed E-state index contributed by atoms with van der Waals surface area (Å²) in [6.45, 7) is 2.15. The van der Waals surface area contributed by atoms with E-state index in [2.05, 4.69) is 15.9 Å². The first-order valence-electron chi connectivity index (χ1n) is 4.50. The van der Waals surface area contributed by atoms with Gasteiger partial charge in [-0.15, -0.1) is 0 Å². The molecule has 1 fully saturated rings. The molecule has 0 heterocycles. The lowest BCUT2D eigenvalue weighted by molar-refractivity contribution is -0.150. The summed E-state index contributed by atoms with van der Waals surface area (Å²) in [5.41, 5.74) is 0. The standard InChI is InChI=1S/C9H13BrO3/c1-2-13-9(12)6-4-3-5-7(11)8(6)10/h6,8H,2-5H2,1H3. The maximum atomic E-state index is 11.3. The Kier molecular flexibility index (Phi) is 3.90. The number of ketones is 1. The largest absolute Gasteiger partial charge is 0.466 e. The molecule has 74 valence electrons. The summed E-state index contributed by atoms with van der Waals surface area (Å²) in [5.74, 6) is -0.414. The number of esters is 1. The van der Waals surface area contributed by atoms with Crippen LogP contribution in [0.25, 0.3) is 0 Å². The molecule has 4 heteroatoms. The van der Waals surface area contributed by atoms with Crippen molar-refractivity contribution >= 4 is 27.7 Å². The number of hydrogen-bond donors (Lipinski definition) is 0. The predicted octanol–water partition coefficient (Wildman–Crippen LogP) is 1.68. The van der Waals surface area contributed by atoms with Crippen molar-refractivity contribution in [1.29, 1.82) is 0 Å². The van der Waals surface area contributed by atoms with Crippen LogP contribution in [0.3, 0.4) is 0 Å². The average Bonchev–Trinajstić information content (AvgIpc) is 2.10. The van der Waals surface area contributed by atoms with Gasteiger partial charge in [0.25, 0.3) is 0 Å². The fourth-order valence-electron chi connectivity index (χ4n) is 1.49. The van der Waals surface area contributed by atoms with E-state index in [9.17, 15) is 9.59 Å². The summed E-state index contributed by atoms with van der Waals surface area (Å²) >= 11 is 3.24. The summed E-state index contributed by atoms with van der Waals surface area (Å²) in [7, 11) is 0. The number of halogens is 1. The Balaban J connectivity index is 2.57. The number of rotatable bonds is 2. The van der Waals surface area contributed by atoms with Gasteiger partial charge in [-0.1, -0.05) is 15.9 Å². The molecule has 0 spiro atoms. The number of carbonyl (C=O) groups excluding carboxylic acids is 2. The third-order valence-electron chi connectivity index (χ3n) is 2.19. The van der Waals surface area contributed by atoms with E-state index in [1.807, 2.05) is 0 Å². The molecular formula is C9H13BrO3. The van der Waals surface area contributed by atoms with Crippen molar-refractivity contribution < 1.29 is 14.3 Å². The number of alkyl halides is 1. The average molecular weight is 249 g/mol. The normalized spacial score (nSPS) is 28.6. The van der Waals surface area contributed by atoms with Crippen molar-refractivity contribution in [1.82, 2.24) is 0 Å². The molecule has 1 aliphatic rings. The molecule has 0 aromatic rings. The summed E-state index contributed by atoms with van der Waals surface area (Å²) in [6.07, 6.45) is 2.12. The van der Waals surface area contributed by atoms with Crippen molar-refractivity contribution in [2.24, 2.45) is 5.92 Å². The van der Waals surface area contributed by atoms with Gasteiger partial charge in [0, 0.05) is 6.42 Å². The van der Waals surface area contributed by atoms with Gasteiger partial charge in [-0.25, -0.2) is 0 Å². The summed E-state index contributed by atoms with van der Waals surface area (Å²) in [6, 6.07) is 0. The highest BCUT2D eigenvalue weighted by atomic mass is 79.9. The zero-order chi connectivity index (χ0) is 9.84. The predicted molar refractivity (Wildman–Crippen MR) is 51.7 cm³/mol. The lowest BCUT2D eigenvalue weighted by Crippen LogP contribution is -2.35. The maximum Gasteiger partial charge on any atom is 0.310 e. The van der Waals surface area contributed by atoms with Crippen LogP contribution in [0.4, 0.5) is 0 Å². The van der Waals surface area contributed by atoms with Gasteiger partial charge in [-0.05, 0) is 19.8 Å². The quantitative estimate of drug-likeness (QED) is 0.552. The first kappa shape index (κ1) is 10.7. The van der Waals surface area contributed by atoms with E-state index in [1.165, 1.54) is 0 Å². The van der Waals surface area contributed by atoms with Crippen LogP contribution < -0.4 is 0 Å². The SMILES string of the molecule is CCOC(=O)C1CCCC(=O)C1Br. The minimum atomic E-state index is -0.333. The van der Waals surface area contributed by atoms with Gasteiger partial charge >= 0.3 is 5.97 Å². The maximum absolute atomic E-state index is 11.3. The molecule has 13 heavy (non-hydrogen) atoms. The van der Waals surface area contributed by atoms with Crippen molar-refractivity contribution in [3.63, 3.8) is 0 Å². The van der Waals surface area contributed by atoms with E-state index in [0.717, 1.165) is 12.8 Å². The Morgan fingerprint density at radius 3 is 3.00 bits per heavy atom. The smallest absolute Gasteiger partial charge is 0.310 e. The Morgan fingerprint density at radius 1 is 1.69 bits per heavy atom. The number of hydrogen-bond acceptors (Lipinski definition) is 3. The van der Waals surface area contributed by atoms with Crippen LogP contribution in [-0.2, 0) is 14.3 Å². The lowest BCUT2D eigenvalue weighted by atomic mass is 9.88. The number of Topliss-reactive ketones (excluding diaryl/α,β-unsaturated/α-hetero) is 1. The minimum absolute atomic E-state index is 0.115. The molecule has 3 nitrogen and oxygen atoms in total. The molecule has 0 bridgehead atoms. The molecule has 0 aromatic heterocycles. The van der Waals surface area contributed by atoms with E-state index in [4.69, 9.17) is 4.74 Å². The molecule has 1 saturated carbocycles. The van der Waals surface area contributed by atoms with Crippen molar-refractivity contribution in [3.05, 3.63) is 0 Å². The molecule has 2 unspecified atom stereocenters. The van der Waals surface area contributed by atoms with Gasteiger partial charge < -0.3 is 4.74 Å². The van der Waals surface area contributed by atoms with E-state index in [-0.39, 0.29) is 22.5 Å². The van der Waals surface area contributed by atoms with E-state index in [1.54, 1.807) is 6.92 Å². The lowest BCUT2D eigenvalue weighted by Gasteiger charge is -2.24. The van der Waals surface area contributed by atoms with Crippen LogP contribution in [0.2, 0.25) is 0 Å². The zero-order valence-electron chi connectivity index (χ0n) is 7.59. The summed E-state index contributed by atoms with van der Waals surface area (Å²) < 4.78 is 4.88. The topological polar surface area (TPSA) is 43.4 Å². The van der Waals surface area contributed by atoms with Crippen molar-refractivity contribution in [2.75, 3.05) is 6.61 Å². The molecule has 0 aliphatic heterocycles. The first-order valence-corrected chi connectivity index (χ1v) is 5.41. The molecule has 1 rings (SSSR count). The Labute approximate surface area is 86.0 Å². The van der Waals surface area contributed by atoms with E-state index in [0.29, 0.717) is 13.0 Å². The highest BCUT2D eigenvalue weighted by Crippen LogP contribution is 2.28. The molecule has 0 amide bonds. The van der Waals surface area contributed by atoms with Crippen molar-refractivity contribution in [2.45, 2.75) is 31.0 Å². The highest BCUT2D eigenvalue weighted by molar-refractivity contribution is 9.10. The van der Waals surface area contributed by atoms with E-state index < -0.39 is 0 Å².